The molecule has 94 valence electrons. The topological polar surface area (TPSA) is 50.7 Å². The van der Waals surface area contributed by atoms with E-state index in [1.165, 1.54) is 30.1 Å². The van der Waals surface area contributed by atoms with E-state index in [9.17, 15) is 4.39 Å². The van der Waals surface area contributed by atoms with Crippen molar-refractivity contribution in [1.82, 2.24) is 0 Å². The number of rotatable bonds is 3. The molecule has 0 fully saturated rings. The Bertz CT molecular complexity index is 404. The lowest BCUT2D eigenvalue weighted by molar-refractivity contribution is 0.626. The van der Waals surface area contributed by atoms with Gasteiger partial charge in [-0.15, -0.1) is 17.5 Å². The molecule has 0 bridgehead atoms. The average Bonchev–Trinajstić information content (AvgIpc) is 2.23. The Kier molecular flexibility index (Phi) is 7.95. The number of nitrogens with zero attached hydrogens (tertiary/aromatic N) is 2. The Balaban J connectivity index is 0.00000256. The van der Waals surface area contributed by atoms with Gasteiger partial charge < -0.3 is 5.73 Å². The zero-order valence-corrected chi connectivity index (χ0v) is 11.4. The van der Waals surface area contributed by atoms with Crippen molar-refractivity contribution in [3.8, 4) is 0 Å². The first-order valence-electron chi connectivity index (χ1n) is 4.58. The molecule has 17 heavy (non-hydrogen) atoms. The van der Waals surface area contributed by atoms with Crippen molar-refractivity contribution in [3.05, 3.63) is 34.6 Å². The highest BCUT2D eigenvalue weighted by molar-refractivity contribution is 8.13. The van der Waals surface area contributed by atoms with Gasteiger partial charge in [0.15, 0.2) is 5.17 Å². The molecule has 0 amide bonds. The van der Waals surface area contributed by atoms with Gasteiger partial charge in [0.05, 0.1) is 11.2 Å². The van der Waals surface area contributed by atoms with Crippen LogP contribution in [0.25, 0.3) is 0 Å². The lowest BCUT2D eigenvalue weighted by Crippen LogP contribution is -2.05. The molecule has 0 spiro atoms. The summed E-state index contributed by atoms with van der Waals surface area (Å²) in [5.74, 6) is 0.374. The van der Waals surface area contributed by atoms with E-state index in [4.69, 9.17) is 17.3 Å². The van der Waals surface area contributed by atoms with Crippen LogP contribution in [0.2, 0.25) is 5.02 Å². The molecule has 3 nitrogen and oxygen atoms in total. The molecule has 0 aliphatic heterocycles. The van der Waals surface area contributed by atoms with Gasteiger partial charge in [0.2, 0.25) is 0 Å². The number of amidine groups is 1. The Labute approximate surface area is 115 Å². The minimum absolute atomic E-state index is 0. The molecule has 1 aromatic rings. The lowest BCUT2D eigenvalue weighted by Gasteiger charge is -1.97. The molecule has 0 aromatic heterocycles. The van der Waals surface area contributed by atoms with Crippen LogP contribution in [0.15, 0.2) is 28.4 Å². The molecule has 7 heteroatoms. The van der Waals surface area contributed by atoms with E-state index in [1.54, 1.807) is 6.07 Å². The van der Waals surface area contributed by atoms with Gasteiger partial charge in [-0.05, 0) is 17.9 Å². The number of hydrogen-bond donors (Lipinski definition) is 1. The standard InChI is InChI=1S/C10H11ClFN3S.ClH/c1-2-16-10(13)15-14-6-7-8(11)4-3-5-9(7)12;/h3-6H,2H2,1H3,(H2,13,15);1H/b14-6-;. The summed E-state index contributed by atoms with van der Waals surface area (Å²) in [6.07, 6.45) is 1.25. The van der Waals surface area contributed by atoms with E-state index in [1.807, 2.05) is 6.92 Å². The zero-order chi connectivity index (χ0) is 12.0. The third kappa shape index (κ3) is 5.39. The van der Waals surface area contributed by atoms with Crippen LogP contribution in [0.4, 0.5) is 4.39 Å². The van der Waals surface area contributed by atoms with Crippen molar-refractivity contribution >= 4 is 47.2 Å². The molecule has 1 aromatic carbocycles. The minimum Gasteiger partial charge on any atom is -0.377 e. The number of halogens is 3. The third-order valence-electron chi connectivity index (χ3n) is 1.64. The molecule has 1 rings (SSSR count). The molecular weight excluding hydrogens is 284 g/mol. The molecule has 0 aliphatic carbocycles. The smallest absolute Gasteiger partial charge is 0.180 e. The minimum atomic E-state index is -0.437. The van der Waals surface area contributed by atoms with Crippen molar-refractivity contribution in [2.75, 3.05) is 5.75 Å². The summed E-state index contributed by atoms with van der Waals surface area (Å²) in [5.41, 5.74) is 5.71. The summed E-state index contributed by atoms with van der Waals surface area (Å²) in [6, 6.07) is 4.42. The summed E-state index contributed by atoms with van der Waals surface area (Å²) < 4.78 is 13.3. The second-order valence-corrected chi connectivity index (χ2v) is 4.44. The van der Waals surface area contributed by atoms with Gasteiger partial charge in [-0.3, -0.25) is 0 Å². The summed E-state index contributed by atoms with van der Waals surface area (Å²) in [6.45, 7) is 1.95. The first-order valence-corrected chi connectivity index (χ1v) is 5.94. The highest BCUT2D eigenvalue weighted by atomic mass is 35.5. The summed E-state index contributed by atoms with van der Waals surface area (Å²) in [4.78, 5) is 0. The maximum absolute atomic E-state index is 13.3. The normalized spacial score (nSPS) is 11.6. The Hall–Kier alpha value is -0.780. The molecule has 0 aliphatic rings. The van der Waals surface area contributed by atoms with Gasteiger partial charge in [0, 0.05) is 5.56 Å². The highest BCUT2D eigenvalue weighted by Gasteiger charge is 2.02. The fraction of sp³-hybridized carbons (Fsp3) is 0.200. The molecule has 0 heterocycles. The van der Waals surface area contributed by atoms with Crippen molar-refractivity contribution in [3.63, 3.8) is 0 Å². The second kappa shape index (κ2) is 8.33. The molecular formula is C10H12Cl2FN3S. The largest absolute Gasteiger partial charge is 0.377 e. The van der Waals surface area contributed by atoms with Crippen LogP contribution in [-0.4, -0.2) is 17.1 Å². The number of benzene rings is 1. The maximum atomic E-state index is 13.3. The Morgan fingerprint density at radius 1 is 1.59 bits per heavy atom. The highest BCUT2D eigenvalue weighted by Crippen LogP contribution is 2.16. The number of hydrogen-bond acceptors (Lipinski definition) is 3. The Morgan fingerprint density at radius 2 is 2.29 bits per heavy atom. The van der Waals surface area contributed by atoms with Gasteiger partial charge in [0.25, 0.3) is 0 Å². The molecule has 0 unspecified atom stereocenters. The molecule has 0 radical (unpaired) electrons. The molecule has 0 saturated carbocycles. The SMILES string of the molecule is CCS/C(N)=N/N=C\c1c(F)cccc1Cl.Cl. The van der Waals surface area contributed by atoms with Crippen molar-refractivity contribution in [2.24, 2.45) is 15.9 Å². The van der Waals surface area contributed by atoms with Crippen LogP contribution >= 0.6 is 35.8 Å². The van der Waals surface area contributed by atoms with Crippen molar-refractivity contribution in [2.45, 2.75) is 6.92 Å². The van der Waals surface area contributed by atoms with Gasteiger partial charge in [-0.2, -0.15) is 5.10 Å². The third-order valence-corrected chi connectivity index (χ3v) is 2.63. The molecule has 0 atom stereocenters. The quantitative estimate of drug-likeness (QED) is 0.528. The lowest BCUT2D eigenvalue weighted by atomic mass is 10.2. The van der Waals surface area contributed by atoms with Gasteiger partial charge in [0.1, 0.15) is 5.82 Å². The number of thioether (sulfide) groups is 1. The van der Waals surface area contributed by atoms with E-state index >= 15 is 0 Å². The van der Waals surface area contributed by atoms with Crippen molar-refractivity contribution < 1.29 is 4.39 Å². The summed E-state index contributed by atoms with van der Waals surface area (Å²) in [7, 11) is 0. The predicted octanol–water partition coefficient (Wildman–Crippen LogP) is 3.30. The first kappa shape index (κ1) is 16.2. The van der Waals surface area contributed by atoms with E-state index in [0.29, 0.717) is 10.2 Å². The predicted molar refractivity (Wildman–Crippen MR) is 76.0 cm³/mol. The van der Waals surface area contributed by atoms with E-state index in [2.05, 4.69) is 10.2 Å². The first-order chi connectivity index (χ1) is 7.65. The van der Waals surface area contributed by atoms with E-state index in [0.717, 1.165) is 5.75 Å². The van der Waals surface area contributed by atoms with Gasteiger partial charge in [-0.25, -0.2) is 4.39 Å². The van der Waals surface area contributed by atoms with Crippen LogP contribution in [0, 0.1) is 5.82 Å². The monoisotopic (exact) mass is 295 g/mol. The Morgan fingerprint density at radius 3 is 2.88 bits per heavy atom. The molecule has 2 N–H and O–H groups in total. The molecule has 0 saturated heterocycles. The second-order valence-electron chi connectivity index (χ2n) is 2.75. The maximum Gasteiger partial charge on any atom is 0.180 e. The number of nitrogens with two attached hydrogens (primary N) is 1. The summed E-state index contributed by atoms with van der Waals surface area (Å²) >= 11 is 7.15. The van der Waals surface area contributed by atoms with Crippen LogP contribution in [0.1, 0.15) is 12.5 Å². The zero-order valence-electron chi connectivity index (χ0n) is 9.06. The van der Waals surface area contributed by atoms with Crippen LogP contribution < -0.4 is 5.73 Å². The van der Waals surface area contributed by atoms with Crippen LogP contribution in [0.3, 0.4) is 0 Å². The van der Waals surface area contributed by atoms with Crippen molar-refractivity contribution in [1.29, 1.82) is 0 Å². The fourth-order valence-electron chi connectivity index (χ4n) is 0.954. The fourth-order valence-corrected chi connectivity index (χ4v) is 1.57. The van der Waals surface area contributed by atoms with E-state index < -0.39 is 5.82 Å². The average molecular weight is 296 g/mol. The summed E-state index contributed by atoms with van der Waals surface area (Å²) in [5, 5.41) is 8.00. The van der Waals surface area contributed by atoms with Crippen LogP contribution in [0.5, 0.6) is 0 Å². The van der Waals surface area contributed by atoms with Gasteiger partial charge >= 0.3 is 0 Å². The van der Waals surface area contributed by atoms with E-state index in [-0.39, 0.29) is 18.0 Å². The van der Waals surface area contributed by atoms with Gasteiger partial charge in [-0.1, -0.05) is 36.4 Å². The van der Waals surface area contributed by atoms with Crippen LogP contribution in [-0.2, 0) is 0 Å².